The monoisotopic (exact) mass is 407 g/mol. The molecular formula is C26H37N3O. The molecule has 4 aliphatic carbocycles. The van der Waals surface area contributed by atoms with Gasteiger partial charge in [0.15, 0.2) is 0 Å². The number of carbonyl (C=O) groups is 1. The summed E-state index contributed by atoms with van der Waals surface area (Å²) in [5.74, 6) is 3.11. The molecule has 1 heterocycles. The first-order chi connectivity index (χ1) is 14.7. The van der Waals surface area contributed by atoms with E-state index < -0.39 is 0 Å². The Kier molecular flexibility index (Phi) is 5.97. The minimum atomic E-state index is 0.239. The summed E-state index contributed by atoms with van der Waals surface area (Å²) in [7, 11) is 0. The Morgan fingerprint density at radius 1 is 0.933 bits per heavy atom. The van der Waals surface area contributed by atoms with Gasteiger partial charge in [0.2, 0.25) is 5.91 Å². The lowest BCUT2D eigenvalue weighted by atomic mass is 9.49. The molecular weight excluding hydrogens is 370 g/mol. The molecule has 0 atom stereocenters. The van der Waals surface area contributed by atoms with Crippen LogP contribution in [0.1, 0.15) is 44.1 Å². The molecule has 0 radical (unpaired) electrons. The fourth-order valence-electron chi connectivity index (χ4n) is 7.08. The maximum atomic E-state index is 12.6. The summed E-state index contributed by atoms with van der Waals surface area (Å²) in [4.78, 5) is 17.4. The molecule has 162 valence electrons. The summed E-state index contributed by atoms with van der Waals surface area (Å²) in [6.45, 7) is 6.55. The van der Waals surface area contributed by atoms with E-state index in [-0.39, 0.29) is 5.91 Å². The van der Waals surface area contributed by atoms with E-state index in [2.05, 4.69) is 57.6 Å². The first-order valence-corrected chi connectivity index (χ1v) is 12.1. The predicted octanol–water partition coefficient (Wildman–Crippen LogP) is 3.65. The van der Waals surface area contributed by atoms with E-state index >= 15 is 0 Å². The number of hydrogen-bond donors (Lipinski definition) is 1. The van der Waals surface area contributed by atoms with Gasteiger partial charge in [-0.25, -0.2) is 0 Å². The normalized spacial score (nSPS) is 33.9. The maximum Gasteiger partial charge on any atom is 0.234 e. The minimum absolute atomic E-state index is 0.239. The number of piperazine rings is 1. The van der Waals surface area contributed by atoms with Gasteiger partial charge in [-0.05, 0) is 67.3 Å². The van der Waals surface area contributed by atoms with E-state index in [1.165, 1.54) is 44.1 Å². The quantitative estimate of drug-likeness (QED) is 0.749. The molecule has 5 aliphatic rings. The molecule has 5 fully saturated rings. The molecule has 0 aromatic heterocycles. The highest BCUT2D eigenvalue weighted by Gasteiger charge is 2.50. The lowest BCUT2D eigenvalue weighted by Crippen LogP contribution is -2.53. The van der Waals surface area contributed by atoms with Gasteiger partial charge in [0.1, 0.15) is 0 Å². The minimum Gasteiger partial charge on any atom is -0.354 e. The number of rotatable bonds is 7. The zero-order valence-corrected chi connectivity index (χ0v) is 18.3. The number of nitrogens with one attached hydrogen (secondary N) is 1. The van der Waals surface area contributed by atoms with Gasteiger partial charge in [-0.15, -0.1) is 0 Å². The number of hydrogen-bond acceptors (Lipinski definition) is 3. The van der Waals surface area contributed by atoms with Gasteiger partial charge in [-0.2, -0.15) is 0 Å². The topological polar surface area (TPSA) is 35.6 Å². The largest absolute Gasteiger partial charge is 0.354 e. The van der Waals surface area contributed by atoms with Gasteiger partial charge in [0, 0.05) is 39.3 Å². The lowest BCUT2D eigenvalue weighted by molar-refractivity contribution is -0.124. The zero-order chi connectivity index (χ0) is 20.4. The average molecular weight is 408 g/mol. The SMILES string of the molecule is O=C(CN1CCN(C/C=C/c2ccccc2)CC1)NCC12CC3CC(CC(C3)C1)C2. The molecule has 1 aliphatic heterocycles. The van der Waals surface area contributed by atoms with E-state index in [1.54, 1.807) is 0 Å². The molecule has 4 heteroatoms. The van der Waals surface area contributed by atoms with Crippen molar-refractivity contribution in [2.75, 3.05) is 45.8 Å². The van der Waals surface area contributed by atoms with Crippen LogP contribution in [0.25, 0.3) is 6.08 Å². The summed E-state index contributed by atoms with van der Waals surface area (Å²) in [6.07, 6.45) is 13.0. The van der Waals surface area contributed by atoms with Crippen LogP contribution in [-0.4, -0.2) is 61.5 Å². The van der Waals surface area contributed by atoms with Crippen LogP contribution in [0.4, 0.5) is 0 Å². The van der Waals surface area contributed by atoms with Crippen LogP contribution in [0, 0.1) is 23.2 Å². The molecule has 1 amide bonds. The van der Waals surface area contributed by atoms with Crippen molar-refractivity contribution < 1.29 is 4.79 Å². The van der Waals surface area contributed by atoms with Crippen molar-refractivity contribution in [1.29, 1.82) is 0 Å². The van der Waals surface area contributed by atoms with Crippen molar-refractivity contribution in [2.45, 2.75) is 38.5 Å². The third-order valence-corrected chi connectivity index (χ3v) is 8.13. The molecule has 1 aromatic rings. The Hall–Kier alpha value is -1.65. The van der Waals surface area contributed by atoms with Crippen LogP contribution in [0.3, 0.4) is 0 Å². The molecule has 1 N–H and O–H groups in total. The number of amides is 1. The number of nitrogens with zero attached hydrogens (tertiary/aromatic N) is 2. The Morgan fingerprint density at radius 3 is 2.17 bits per heavy atom. The molecule has 4 saturated carbocycles. The lowest BCUT2D eigenvalue weighted by Gasteiger charge is -2.57. The van der Waals surface area contributed by atoms with Crippen molar-refractivity contribution >= 4 is 12.0 Å². The first kappa shape index (κ1) is 20.3. The number of benzene rings is 1. The van der Waals surface area contributed by atoms with Crippen molar-refractivity contribution in [3.63, 3.8) is 0 Å². The van der Waals surface area contributed by atoms with E-state index in [9.17, 15) is 4.79 Å². The van der Waals surface area contributed by atoms with Crippen molar-refractivity contribution in [3.8, 4) is 0 Å². The second kappa shape index (κ2) is 8.84. The summed E-state index contributed by atoms with van der Waals surface area (Å²) in [5, 5.41) is 3.35. The van der Waals surface area contributed by atoms with Crippen molar-refractivity contribution in [2.24, 2.45) is 23.2 Å². The Morgan fingerprint density at radius 2 is 1.53 bits per heavy atom. The summed E-state index contributed by atoms with van der Waals surface area (Å²) >= 11 is 0. The highest BCUT2D eigenvalue weighted by molar-refractivity contribution is 5.78. The first-order valence-electron chi connectivity index (χ1n) is 12.1. The van der Waals surface area contributed by atoms with Gasteiger partial charge in [0.05, 0.1) is 6.54 Å². The third kappa shape index (κ3) is 4.81. The average Bonchev–Trinajstić information content (AvgIpc) is 2.74. The fraction of sp³-hybridized carbons (Fsp3) is 0.654. The predicted molar refractivity (Wildman–Crippen MR) is 122 cm³/mol. The van der Waals surface area contributed by atoms with Crippen LogP contribution in [0.15, 0.2) is 36.4 Å². The molecule has 6 rings (SSSR count). The Bertz CT molecular complexity index is 716. The zero-order valence-electron chi connectivity index (χ0n) is 18.3. The third-order valence-electron chi connectivity index (χ3n) is 8.13. The second-order valence-corrected chi connectivity index (χ2v) is 10.6. The molecule has 0 spiro atoms. The molecule has 30 heavy (non-hydrogen) atoms. The van der Waals surface area contributed by atoms with Gasteiger partial charge in [0.25, 0.3) is 0 Å². The molecule has 1 saturated heterocycles. The van der Waals surface area contributed by atoms with Crippen molar-refractivity contribution in [1.82, 2.24) is 15.1 Å². The highest BCUT2D eigenvalue weighted by atomic mass is 16.2. The van der Waals surface area contributed by atoms with Crippen LogP contribution in [0.5, 0.6) is 0 Å². The number of carbonyl (C=O) groups excluding carboxylic acids is 1. The van der Waals surface area contributed by atoms with Gasteiger partial charge in [-0.3, -0.25) is 14.6 Å². The molecule has 1 aromatic carbocycles. The standard InChI is InChI=1S/C26H37N3O/c30-25(27-20-26-16-22-13-23(17-26)15-24(14-22)18-26)19-29-11-9-28(10-12-29)8-4-7-21-5-2-1-3-6-21/h1-7,22-24H,8-20H2,(H,27,30)/b7-4+. The van der Waals surface area contributed by atoms with Crippen LogP contribution in [0.2, 0.25) is 0 Å². The Labute approximate surface area is 181 Å². The maximum absolute atomic E-state index is 12.6. The summed E-state index contributed by atoms with van der Waals surface area (Å²) in [6, 6.07) is 10.5. The second-order valence-electron chi connectivity index (χ2n) is 10.6. The van der Waals surface area contributed by atoms with Gasteiger partial charge in [-0.1, -0.05) is 42.5 Å². The molecule has 0 unspecified atom stereocenters. The van der Waals surface area contributed by atoms with Crippen LogP contribution in [-0.2, 0) is 4.79 Å². The van der Waals surface area contributed by atoms with Gasteiger partial charge < -0.3 is 5.32 Å². The Balaban J connectivity index is 1.02. The van der Waals surface area contributed by atoms with Crippen LogP contribution >= 0.6 is 0 Å². The van der Waals surface area contributed by atoms with Gasteiger partial charge >= 0.3 is 0 Å². The van der Waals surface area contributed by atoms with E-state index in [4.69, 9.17) is 0 Å². The van der Waals surface area contributed by atoms with Crippen molar-refractivity contribution in [3.05, 3.63) is 42.0 Å². The molecule has 4 bridgehead atoms. The van der Waals surface area contributed by atoms with E-state index in [0.717, 1.165) is 57.0 Å². The summed E-state index contributed by atoms with van der Waals surface area (Å²) in [5.41, 5.74) is 1.70. The van der Waals surface area contributed by atoms with E-state index in [1.807, 2.05) is 0 Å². The summed E-state index contributed by atoms with van der Waals surface area (Å²) < 4.78 is 0. The fourth-order valence-corrected chi connectivity index (χ4v) is 7.08. The smallest absolute Gasteiger partial charge is 0.234 e. The van der Waals surface area contributed by atoms with Crippen LogP contribution < -0.4 is 5.32 Å². The molecule has 4 nitrogen and oxygen atoms in total. The highest BCUT2D eigenvalue weighted by Crippen LogP contribution is 2.59. The van der Waals surface area contributed by atoms with E-state index in [0.29, 0.717) is 12.0 Å².